The van der Waals surface area contributed by atoms with Crippen molar-refractivity contribution in [2.75, 3.05) is 11.6 Å². The average Bonchev–Trinajstić information content (AvgIpc) is 2.87. The third kappa shape index (κ3) is 2.66. The van der Waals surface area contributed by atoms with Crippen LogP contribution in [0.2, 0.25) is 0 Å². The fourth-order valence-electron chi connectivity index (χ4n) is 1.87. The minimum atomic E-state index is -1.61. The van der Waals surface area contributed by atoms with Gasteiger partial charge in [0, 0.05) is 11.8 Å². The van der Waals surface area contributed by atoms with Crippen molar-refractivity contribution in [3.63, 3.8) is 0 Å². The molecular formula is C11H8F2N2O5S. The molecule has 0 aromatic heterocycles. The normalized spacial score (nSPS) is 17.8. The quantitative estimate of drug-likeness (QED) is 0.669. The molecule has 0 spiro atoms. The van der Waals surface area contributed by atoms with Crippen molar-refractivity contribution in [1.82, 2.24) is 4.90 Å². The van der Waals surface area contributed by atoms with Gasteiger partial charge in [0.05, 0.1) is 10.8 Å². The molecule has 112 valence electrons. The van der Waals surface area contributed by atoms with E-state index in [-0.39, 0.29) is 11.6 Å². The molecule has 1 amide bonds. The van der Waals surface area contributed by atoms with Crippen molar-refractivity contribution >= 4 is 29.3 Å². The maximum Gasteiger partial charge on any atom is 0.327 e. The zero-order valence-corrected chi connectivity index (χ0v) is 11.1. The highest BCUT2D eigenvalue weighted by Crippen LogP contribution is 2.28. The number of carbonyl (C=O) groups excluding carboxylic acids is 1. The van der Waals surface area contributed by atoms with E-state index in [2.05, 4.69) is 0 Å². The Hall–Kier alpha value is -2.23. The number of nitro benzene ring substituents is 1. The van der Waals surface area contributed by atoms with E-state index >= 15 is 0 Å². The van der Waals surface area contributed by atoms with E-state index in [9.17, 15) is 28.5 Å². The predicted molar refractivity (Wildman–Crippen MR) is 67.9 cm³/mol. The molecule has 1 saturated heterocycles. The Balaban J connectivity index is 2.46. The van der Waals surface area contributed by atoms with Gasteiger partial charge in [-0.1, -0.05) is 0 Å². The number of hydrogen-bond acceptors (Lipinski definition) is 5. The summed E-state index contributed by atoms with van der Waals surface area (Å²) < 4.78 is 27.6. The Morgan fingerprint density at radius 2 is 2.10 bits per heavy atom. The van der Waals surface area contributed by atoms with E-state index < -0.39 is 45.7 Å². The Morgan fingerprint density at radius 1 is 1.43 bits per heavy atom. The molecule has 1 aliphatic rings. The summed E-state index contributed by atoms with van der Waals surface area (Å²) in [5, 5.41) is 19.6. The fraction of sp³-hybridized carbons (Fsp3) is 0.273. The minimum absolute atomic E-state index is 0.0582. The first-order valence-electron chi connectivity index (χ1n) is 5.58. The first kappa shape index (κ1) is 15.2. The van der Waals surface area contributed by atoms with E-state index in [1.807, 2.05) is 0 Å². The summed E-state index contributed by atoms with van der Waals surface area (Å²) in [7, 11) is 0. The summed E-state index contributed by atoms with van der Waals surface area (Å²) in [6, 6.07) is -0.0111. The van der Waals surface area contributed by atoms with Crippen molar-refractivity contribution in [2.45, 2.75) is 6.04 Å². The summed E-state index contributed by atoms with van der Waals surface area (Å²) >= 11 is 1.11. The summed E-state index contributed by atoms with van der Waals surface area (Å²) in [5.74, 6) is -5.38. The Bertz CT molecular complexity index is 639. The lowest BCUT2D eigenvalue weighted by Gasteiger charge is -2.20. The molecule has 0 bridgehead atoms. The van der Waals surface area contributed by atoms with Gasteiger partial charge in [0.25, 0.3) is 5.91 Å². The molecule has 10 heteroatoms. The Morgan fingerprint density at radius 3 is 2.67 bits per heavy atom. The molecule has 21 heavy (non-hydrogen) atoms. The number of thioether (sulfide) groups is 1. The number of carboxylic acid groups (broad SMARTS) is 1. The van der Waals surface area contributed by atoms with Gasteiger partial charge in [-0.15, -0.1) is 11.8 Å². The number of benzene rings is 1. The Kier molecular flexibility index (Phi) is 4.07. The topological polar surface area (TPSA) is 101 Å². The number of nitrogens with zero attached hydrogens (tertiary/aromatic N) is 2. The van der Waals surface area contributed by atoms with Crippen LogP contribution >= 0.6 is 11.8 Å². The van der Waals surface area contributed by atoms with Crippen LogP contribution in [0.1, 0.15) is 10.4 Å². The fourth-order valence-corrected chi connectivity index (χ4v) is 3.01. The maximum atomic E-state index is 13.9. The van der Waals surface area contributed by atoms with Crippen LogP contribution in [0.25, 0.3) is 0 Å². The molecule has 2 rings (SSSR count). The molecule has 0 aliphatic carbocycles. The number of aliphatic carboxylic acids is 1. The van der Waals surface area contributed by atoms with Gasteiger partial charge in [0.1, 0.15) is 17.4 Å². The van der Waals surface area contributed by atoms with Gasteiger partial charge in [-0.3, -0.25) is 14.9 Å². The number of rotatable bonds is 3. The zero-order chi connectivity index (χ0) is 15.7. The molecule has 7 nitrogen and oxygen atoms in total. The van der Waals surface area contributed by atoms with Crippen molar-refractivity contribution in [3.05, 3.63) is 39.4 Å². The molecule has 0 saturated carbocycles. The van der Waals surface area contributed by atoms with E-state index in [1.54, 1.807) is 0 Å². The summed E-state index contributed by atoms with van der Waals surface area (Å²) in [4.78, 5) is 33.4. The lowest BCUT2D eigenvalue weighted by atomic mass is 10.1. The van der Waals surface area contributed by atoms with Gasteiger partial charge in [0.15, 0.2) is 0 Å². The highest BCUT2D eigenvalue weighted by Gasteiger charge is 2.38. The van der Waals surface area contributed by atoms with Crippen LogP contribution in [0.4, 0.5) is 14.5 Å². The van der Waals surface area contributed by atoms with E-state index in [1.165, 1.54) is 0 Å². The molecule has 1 N–H and O–H groups in total. The SMILES string of the molecule is O=C(O)[C@@H]1CSCN1C(=O)c1c(F)ccc([N+](=O)[O-])c1F. The van der Waals surface area contributed by atoms with Crippen molar-refractivity contribution in [2.24, 2.45) is 0 Å². The molecule has 0 radical (unpaired) electrons. The van der Waals surface area contributed by atoms with E-state index in [0.29, 0.717) is 12.1 Å². The molecule has 1 heterocycles. The van der Waals surface area contributed by atoms with Crippen molar-refractivity contribution < 1.29 is 28.4 Å². The first-order chi connectivity index (χ1) is 9.84. The standard InChI is InChI=1S/C11H8F2N2O5S/c12-5-1-2-6(15(19)20)9(13)8(5)10(16)14-4-21-3-7(14)11(17)18/h1-2,7H,3-4H2,(H,17,18)/t7-/m0/s1. The largest absolute Gasteiger partial charge is 0.480 e. The van der Waals surface area contributed by atoms with E-state index in [0.717, 1.165) is 16.7 Å². The van der Waals surface area contributed by atoms with Crippen LogP contribution in [0.15, 0.2) is 12.1 Å². The number of amides is 1. The monoisotopic (exact) mass is 318 g/mol. The minimum Gasteiger partial charge on any atom is -0.480 e. The van der Waals surface area contributed by atoms with E-state index in [4.69, 9.17) is 5.11 Å². The predicted octanol–water partition coefficient (Wildman–Crippen LogP) is 1.47. The van der Waals surface area contributed by atoms with Gasteiger partial charge in [-0.2, -0.15) is 4.39 Å². The molecule has 1 atom stereocenters. The maximum absolute atomic E-state index is 13.9. The number of halogens is 2. The van der Waals surface area contributed by atoms with Crippen molar-refractivity contribution in [3.8, 4) is 0 Å². The second-order valence-corrected chi connectivity index (χ2v) is 5.14. The highest BCUT2D eigenvalue weighted by molar-refractivity contribution is 7.99. The number of carboxylic acids is 1. The zero-order valence-electron chi connectivity index (χ0n) is 10.3. The second kappa shape index (κ2) is 5.64. The van der Waals surface area contributed by atoms with Gasteiger partial charge in [0.2, 0.25) is 5.82 Å². The van der Waals surface area contributed by atoms with Crippen LogP contribution in [-0.4, -0.2) is 44.5 Å². The third-order valence-corrected chi connectivity index (χ3v) is 3.92. The number of carbonyl (C=O) groups is 2. The highest BCUT2D eigenvalue weighted by atomic mass is 32.2. The molecule has 1 aromatic carbocycles. The first-order valence-corrected chi connectivity index (χ1v) is 6.74. The van der Waals surface area contributed by atoms with Gasteiger partial charge in [-0.05, 0) is 6.07 Å². The smallest absolute Gasteiger partial charge is 0.327 e. The molecule has 1 aromatic rings. The average molecular weight is 318 g/mol. The van der Waals surface area contributed by atoms with Crippen LogP contribution in [0.5, 0.6) is 0 Å². The number of nitro groups is 1. The Labute approximate surface area is 120 Å². The van der Waals surface area contributed by atoms with Crippen LogP contribution < -0.4 is 0 Å². The molecular weight excluding hydrogens is 310 g/mol. The van der Waals surface area contributed by atoms with Gasteiger partial charge < -0.3 is 10.0 Å². The van der Waals surface area contributed by atoms with Crippen LogP contribution in [0, 0.1) is 21.7 Å². The molecule has 0 unspecified atom stereocenters. The summed E-state index contributed by atoms with van der Waals surface area (Å²) in [5.41, 5.74) is -2.16. The second-order valence-electron chi connectivity index (χ2n) is 4.14. The number of hydrogen-bond donors (Lipinski definition) is 1. The van der Waals surface area contributed by atoms with Gasteiger partial charge >= 0.3 is 11.7 Å². The van der Waals surface area contributed by atoms with Crippen LogP contribution in [-0.2, 0) is 4.79 Å². The lowest BCUT2D eigenvalue weighted by molar-refractivity contribution is -0.387. The third-order valence-electron chi connectivity index (χ3n) is 2.91. The van der Waals surface area contributed by atoms with Crippen LogP contribution in [0.3, 0.4) is 0 Å². The molecule has 1 fully saturated rings. The van der Waals surface area contributed by atoms with Gasteiger partial charge in [-0.25, -0.2) is 9.18 Å². The summed E-state index contributed by atoms with van der Waals surface area (Å²) in [6.07, 6.45) is 0. The lowest BCUT2D eigenvalue weighted by Crippen LogP contribution is -2.42. The van der Waals surface area contributed by atoms with Crippen molar-refractivity contribution in [1.29, 1.82) is 0 Å². The molecule has 1 aliphatic heterocycles. The summed E-state index contributed by atoms with van der Waals surface area (Å²) in [6.45, 7) is 0.